The third-order valence-electron chi connectivity index (χ3n) is 3.19. The molecule has 0 bridgehead atoms. The molecule has 0 amide bonds. The molecule has 1 heteroatoms. The van der Waals surface area contributed by atoms with Crippen molar-refractivity contribution in [3.8, 4) is 0 Å². The molecule has 1 N–H and O–H groups in total. The van der Waals surface area contributed by atoms with E-state index in [1.165, 1.54) is 44.1 Å². The van der Waals surface area contributed by atoms with Gasteiger partial charge in [-0.15, -0.1) is 0 Å². The first-order valence-corrected chi connectivity index (χ1v) is 7.14. The van der Waals surface area contributed by atoms with Crippen LogP contribution in [0.1, 0.15) is 51.5 Å². The number of benzene rings is 1. The van der Waals surface area contributed by atoms with Gasteiger partial charge in [-0.1, -0.05) is 57.0 Å². The molecule has 17 heavy (non-hydrogen) atoms. The lowest BCUT2D eigenvalue weighted by atomic mass is 10.1. The van der Waals surface area contributed by atoms with Gasteiger partial charge in [-0.2, -0.15) is 0 Å². The van der Waals surface area contributed by atoms with Gasteiger partial charge in [0, 0.05) is 6.04 Å². The van der Waals surface area contributed by atoms with Gasteiger partial charge in [0.1, 0.15) is 0 Å². The van der Waals surface area contributed by atoms with Gasteiger partial charge in [-0.3, -0.25) is 0 Å². The lowest BCUT2D eigenvalue weighted by Crippen LogP contribution is -2.29. The van der Waals surface area contributed by atoms with Gasteiger partial charge in [0.25, 0.3) is 0 Å². The van der Waals surface area contributed by atoms with Gasteiger partial charge in [-0.05, 0) is 37.8 Å². The fourth-order valence-corrected chi connectivity index (χ4v) is 2.29. The third kappa shape index (κ3) is 6.48. The molecule has 1 nitrogen and oxygen atoms in total. The Bertz CT molecular complexity index is 262. The highest BCUT2D eigenvalue weighted by atomic mass is 14.9. The number of hydrogen-bond acceptors (Lipinski definition) is 1. The maximum absolute atomic E-state index is 3.69. The van der Waals surface area contributed by atoms with Crippen molar-refractivity contribution in [1.82, 2.24) is 5.32 Å². The number of hydrogen-bond donors (Lipinski definition) is 1. The minimum Gasteiger partial charge on any atom is -0.314 e. The van der Waals surface area contributed by atoms with Crippen LogP contribution in [0.2, 0.25) is 0 Å². The van der Waals surface area contributed by atoms with E-state index in [1.807, 2.05) is 0 Å². The van der Waals surface area contributed by atoms with Gasteiger partial charge in [0.05, 0.1) is 0 Å². The summed E-state index contributed by atoms with van der Waals surface area (Å²) in [6.07, 6.45) is 7.65. The van der Waals surface area contributed by atoms with Crippen molar-refractivity contribution in [2.75, 3.05) is 6.54 Å². The summed E-state index contributed by atoms with van der Waals surface area (Å²) in [5.41, 5.74) is 1.46. The molecule has 0 saturated heterocycles. The first kappa shape index (κ1) is 14.2. The zero-order chi connectivity index (χ0) is 12.3. The molecule has 0 aliphatic carbocycles. The van der Waals surface area contributed by atoms with Gasteiger partial charge < -0.3 is 5.32 Å². The predicted octanol–water partition coefficient (Wildman–Crippen LogP) is 4.18. The summed E-state index contributed by atoms with van der Waals surface area (Å²) in [5.74, 6) is 0. The lowest BCUT2D eigenvalue weighted by molar-refractivity contribution is 0.441. The van der Waals surface area contributed by atoms with Crippen molar-refractivity contribution in [2.45, 2.75) is 58.4 Å². The molecule has 0 aliphatic heterocycles. The van der Waals surface area contributed by atoms with Crippen LogP contribution in [0.3, 0.4) is 0 Å². The van der Waals surface area contributed by atoms with Crippen molar-refractivity contribution < 1.29 is 0 Å². The van der Waals surface area contributed by atoms with Crippen molar-refractivity contribution in [2.24, 2.45) is 0 Å². The van der Waals surface area contributed by atoms with Crippen molar-refractivity contribution in [1.29, 1.82) is 0 Å². The van der Waals surface area contributed by atoms with E-state index in [0.29, 0.717) is 0 Å². The molecular weight excluding hydrogens is 206 g/mol. The van der Waals surface area contributed by atoms with E-state index in [2.05, 4.69) is 49.5 Å². The Balaban J connectivity index is 2.13. The molecule has 0 aliphatic rings. The minimum absolute atomic E-state index is 0.737. The first-order chi connectivity index (χ1) is 8.36. The highest BCUT2D eigenvalue weighted by molar-refractivity contribution is 5.14. The molecular formula is C16H27N. The van der Waals surface area contributed by atoms with E-state index < -0.39 is 0 Å². The van der Waals surface area contributed by atoms with Gasteiger partial charge in [-0.25, -0.2) is 0 Å². The lowest BCUT2D eigenvalue weighted by Gasteiger charge is -2.17. The maximum atomic E-state index is 3.69. The van der Waals surface area contributed by atoms with Crippen LogP contribution in [-0.2, 0) is 6.42 Å². The molecule has 0 aromatic heterocycles. The van der Waals surface area contributed by atoms with E-state index in [9.17, 15) is 0 Å². The Morgan fingerprint density at radius 1 is 1.00 bits per heavy atom. The Labute approximate surface area is 107 Å². The first-order valence-electron chi connectivity index (χ1n) is 7.14. The molecule has 1 aromatic rings. The van der Waals surface area contributed by atoms with Crippen molar-refractivity contribution >= 4 is 0 Å². The second-order valence-electron chi connectivity index (χ2n) is 4.82. The maximum Gasteiger partial charge on any atom is 0.00668 e. The highest BCUT2D eigenvalue weighted by Gasteiger charge is 2.04. The zero-order valence-electron chi connectivity index (χ0n) is 11.4. The largest absolute Gasteiger partial charge is 0.314 e. The van der Waals surface area contributed by atoms with Crippen molar-refractivity contribution in [3.63, 3.8) is 0 Å². The molecule has 0 radical (unpaired) electrons. The third-order valence-corrected chi connectivity index (χ3v) is 3.19. The molecule has 0 fully saturated rings. The molecule has 0 heterocycles. The topological polar surface area (TPSA) is 12.0 Å². The van der Waals surface area contributed by atoms with Crippen LogP contribution in [-0.4, -0.2) is 12.6 Å². The minimum atomic E-state index is 0.737. The van der Waals surface area contributed by atoms with Crippen LogP contribution in [0, 0.1) is 0 Å². The average Bonchev–Trinajstić information content (AvgIpc) is 2.36. The second-order valence-corrected chi connectivity index (χ2v) is 4.82. The quantitative estimate of drug-likeness (QED) is 0.631. The van der Waals surface area contributed by atoms with E-state index in [0.717, 1.165) is 12.6 Å². The number of nitrogens with one attached hydrogen (secondary N) is 1. The highest BCUT2D eigenvalue weighted by Crippen LogP contribution is 2.05. The van der Waals surface area contributed by atoms with Crippen LogP contribution in [0.15, 0.2) is 30.3 Å². The number of aryl methyl sites for hydroxylation is 1. The SMILES string of the molecule is CCCC(CCC)NCCCc1ccccc1. The van der Waals surface area contributed by atoms with Gasteiger partial charge in [0.15, 0.2) is 0 Å². The standard InChI is InChI=1S/C16H27N/c1-3-9-16(10-4-2)17-14-8-13-15-11-6-5-7-12-15/h5-7,11-12,16-17H,3-4,8-10,13-14H2,1-2H3. The summed E-state index contributed by atoms with van der Waals surface area (Å²) in [7, 11) is 0. The van der Waals surface area contributed by atoms with Crippen LogP contribution in [0.5, 0.6) is 0 Å². The summed E-state index contributed by atoms with van der Waals surface area (Å²) in [4.78, 5) is 0. The molecule has 96 valence electrons. The Hall–Kier alpha value is -0.820. The van der Waals surface area contributed by atoms with Crippen LogP contribution >= 0.6 is 0 Å². The fraction of sp³-hybridized carbons (Fsp3) is 0.625. The van der Waals surface area contributed by atoms with E-state index >= 15 is 0 Å². The van der Waals surface area contributed by atoms with Gasteiger partial charge in [0.2, 0.25) is 0 Å². The Morgan fingerprint density at radius 2 is 1.65 bits per heavy atom. The monoisotopic (exact) mass is 233 g/mol. The average molecular weight is 233 g/mol. The number of rotatable bonds is 9. The second kappa shape index (κ2) is 9.23. The van der Waals surface area contributed by atoms with Crippen LogP contribution in [0.25, 0.3) is 0 Å². The van der Waals surface area contributed by atoms with E-state index in [4.69, 9.17) is 0 Å². The Kier molecular flexibility index (Phi) is 7.74. The predicted molar refractivity (Wildman–Crippen MR) is 76.4 cm³/mol. The summed E-state index contributed by atoms with van der Waals surface area (Å²) >= 11 is 0. The molecule has 0 atom stereocenters. The molecule has 0 saturated carbocycles. The summed E-state index contributed by atoms with van der Waals surface area (Å²) in [6, 6.07) is 11.5. The molecule has 0 spiro atoms. The smallest absolute Gasteiger partial charge is 0.00668 e. The normalized spacial score (nSPS) is 11.0. The molecule has 0 unspecified atom stereocenters. The van der Waals surface area contributed by atoms with Crippen molar-refractivity contribution in [3.05, 3.63) is 35.9 Å². The zero-order valence-corrected chi connectivity index (χ0v) is 11.4. The van der Waals surface area contributed by atoms with E-state index in [-0.39, 0.29) is 0 Å². The van der Waals surface area contributed by atoms with E-state index in [1.54, 1.807) is 0 Å². The Morgan fingerprint density at radius 3 is 2.24 bits per heavy atom. The summed E-state index contributed by atoms with van der Waals surface area (Å²) in [6.45, 7) is 5.70. The van der Waals surface area contributed by atoms with Crippen LogP contribution < -0.4 is 5.32 Å². The summed E-state index contributed by atoms with van der Waals surface area (Å²) in [5, 5.41) is 3.69. The van der Waals surface area contributed by atoms with Gasteiger partial charge >= 0.3 is 0 Å². The molecule has 1 rings (SSSR count). The molecule has 1 aromatic carbocycles. The van der Waals surface area contributed by atoms with Crippen LogP contribution in [0.4, 0.5) is 0 Å². The fourth-order valence-electron chi connectivity index (χ4n) is 2.29. The summed E-state index contributed by atoms with van der Waals surface area (Å²) < 4.78 is 0.